The summed E-state index contributed by atoms with van der Waals surface area (Å²) in [6.07, 6.45) is 2.20. The molecule has 1 aromatic rings. The third-order valence-corrected chi connectivity index (χ3v) is 4.13. The van der Waals surface area contributed by atoms with Gasteiger partial charge in [0.15, 0.2) is 0 Å². The van der Waals surface area contributed by atoms with Crippen LogP contribution in [0.2, 0.25) is 0 Å². The molecule has 0 radical (unpaired) electrons. The second kappa shape index (κ2) is 7.76. The standard InChI is InChI=1S/C15H21BrN2O2/c1-20-6-5-17-15(19)10-18-14-8-12(9-14)11-3-2-4-13(16)7-11/h2-4,7,12,14,18H,5-6,8-10H2,1H3,(H,17,19). The van der Waals surface area contributed by atoms with Crippen LogP contribution in [0.25, 0.3) is 0 Å². The van der Waals surface area contributed by atoms with Crippen molar-refractivity contribution in [2.75, 3.05) is 26.8 Å². The SMILES string of the molecule is COCCNC(=O)CNC1CC(c2cccc(Br)c2)C1. The van der Waals surface area contributed by atoms with Gasteiger partial charge in [0, 0.05) is 24.2 Å². The highest BCUT2D eigenvalue weighted by atomic mass is 79.9. The molecule has 0 spiro atoms. The Morgan fingerprint density at radius 1 is 1.45 bits per heavy atom. The smallest absolute Gasteiger partial charge is 0.234 e. The Morgan fingerprint density at radius 2 is 2.25 bits per heavy atom. The topological polar surface area (TPSA) is 50.4 Å². The van der Waals surface area contributed by atoms with E-state index in [0.29, 0.717) is 31.7 Å². The summed E-state index contributed by atoms with van der Waals surface area (Å²) in [6, 6.07) is 8.92. The van der Waals surface area contributed by atoms with Crippen LogP contribution in [-0.2, 0) is 9.53 Å². The maximum absolute atomic E-state index is 11.5. The summed E-state index contributed by atoms with van der Waals surface area (Å²) in [7, 11) is 1.63. The number of carbonyl (C=O) groups excluding carboxylic acids is 1. The zero-order valence-corrected chi connectivity index (χ0v) is 13.3. The van der Waals surface area contributed by atoms with Crippen molar-refractivity contribution in [1.82, 2.24) is 10.6 Å². The molecule has 0 bridgehead atoms. The van der Waals surface area contributed by atoms with Crippen LogP contribution in [0.15, 0.2) is 28.7 Å². The van der Waals surface area contributed by atoms with E-state index < -0.39 is 0 Å². The minimum atomic E-state index is 0.0351. The van der Waals surface area contributed by atoms with E-state index in [9.17, 15) is 4.79 Å². The molecule has 0 aromatic heterocycles. The van der Waals surface area contributed by atoms with Crippen molar-refractivity contribution < 1.29 is 9.53 Å². The largest absolute Gasteiger partial charge is 0.383 e. The average Bonchev–Trinajstić information content (AvgIpc) is 2.37. The van der Waals surface area contributed by atoms with E-state index >= 15 is 0 Å². The highest BCUT2D eigenvalue weighted by Gasteiger charge is 2.30. The van der Waals surface area contributed by atoms with Gasteiger partial charge in [-0.1, -0.05) is 28.1 Å². The lowest BCUT2D eigenvalue weighted by Crippen LogP contribution is -2.45. The summed E-state index contributed by atoms with van der Waals surface area (Å²) >= 11 is 3.50. The lowest BCUT2D eigenvalue weighted by Gasteiger charge is -2.36. The van der Waals surface area contributed by atoms with Crippen molar-refractivity contribution in [1.29, 1.82) is 0 Å². The van der Waals surface area contributed by atoms with Gasteiger partial charge in [0.25, 0.3) is 0 Å². The van der Waals surface area contributed by atoms with Crippen molar-refractivity contribution in [2.24, 2.45) is 0 Å². The molecular weight excluding hydrogens is 320 g/mol. The van der Waals surface area contributed by atoms with E-state index in [1.165, 1.54) is 5.56 Å². The molecule has 1 aliphatic rings. The second-order valence-corrected chi connectivity index (χ2v) is 6.06. The maximum Gasteiger partial charge on any atom is 0.234 e. The zero-order chi connectivity index (χ0) is 14.4. The summed E-state index contributed by atoms with van der Waals surface area (Å²) in [5.74, 6) is 0.648. The van der Waals surface area contributed by atoms with Crippen LogP contribution in [0.5, 0.6) is 0 Å². The Labute approximate surface area is 128 Å². The van der Waals surface area contributed by atoms with Crippen molar-refractivity contribution >= 4 is 21.8 Å². The Hall–Kier alpha value is -0.910. The molecule has 0 aliphatic heterocycles. The van der Waals surface area contributed by atoms with Gasteiger partial charge in [0.1, 0.15) is 0 Å². The number of halogens is 1. The van der Waals surface area contributed by atoms with Crippen molar-refractivity contribution in [3.05, 3.63) is 34.3 Å². The normalized spacial score (nSPS) is 21.3. The number of ether oxygens (including phenoxy) is 1. The predicted octanol–water partition coefficient (Wildman–Crippen LogP) is 2.05. The van der Waals surface area contributed by atoms with Crippen LogP contribution in [0.4, 0.5) is 0 Å². The highest BCUT2D eigenvalue weighted by Crippen LogP contribution is 2.37. The molecule has 1 saturated carbocycles. The molecule has 4 nitrogen and oxygen atoms in total. The summed E-state index contributed by atoms with van der Waals surface area (Å²) < 4.78 is 6.01. The molecule has 5 heteroatoms. The number of rotatable bonds is 7. The number of hydrogen-bond donors (Lipinski definition) is 2. The molecule has 2 N–H and O–H groups in total. The van der Waals surface area contributed by atoms with E-state index in [1.54, 1.807) is 7.11 Å². The number of amides is 1. The molecule has 1 aliphatic carbocycles. The third-order valence-electron chi connectivity index (χ3n) is 3.64. The van der Waals surface area contributed by atoms with E-state index in [4.69, 9.17) is 4.74 Å². The van der Waals surface area contributed by atoms with Crippen molar-refractivity contribution in [3.63, 3.8) is 0 Å². The first-order valence-corrected chi connectivity index (χ1v) is 7.73. The summed E-state index contributed by atoms with van der Waals surface area (Å²) in [6.45, 7) is 1.52. The Balaban J connectivity index is 1.63. The first-order chi connectivity index (χ1) is 9.69. The van der Waals surface area contributed by atoms with Gasteiger partial charge in [-0.25, -0.2) is 0 Å². The minimum Gasteiger partial charge on any atom is -0.383 e. The number of hydrogen-bond acceptors (Lipinski definition) is 3. The van der Waals surface area contributed by atoms with Gasteiger partial charge in [-0.3, -0.25) is 4.79 Å². The molecule has 0 unspecified atom stereocenters. The van der Waals surface area contributed by atoms with Crippen LogP contribution in [0.1, 0.15) is 24.3 Å². The molecule has 2 rings (SSSR count). The summed E-state index contributed by atoms with van der Waals surface area (Å²) in [5.41, 5.74) is 1.38. The average molecular weight is 341 g/mol. The third kappa shape index (κ3) is 4.58. The van der Waals surface area contributed by atoms with Gasteiger partial charge in [0.2, 0.25) is 5.91 Å². The van der Waals surface area contributed by atoms with E-state index in [-0.39, 0.29) is 5.91 Å². The quantitative estimate of drug-likeness (QED) is 0.747. The lowest BCUT2D eigenvalue weighted by molar-refractivity contribution is -0.120. The molecule has 0 heterocycles. The van der Waals surface area contributed by atoms with E-state index in [2.05, 4.69) is 44.8 Å². The molecule has 0 saturated heterocycles. The van der Waals surface area contributed by atoms with E-state index in [1.807, 2.05) is 6.07 Å². The van der Waals surface area contributed by atoms with Crippen LogP contribution < -0.4 is 10.6 Å². The lowest BCUT2D eigenvalue weighted by atomic mass is 9.76. The summed E-state index contributed by atoms with van der Waals surface area (Å²) in [5, 5.41) is 6.10. The monoisotopic (exact) mass is 340 g/mol. The number of nitrogens with one attached hydrogen (secondary N) is 2. The van der Waals surface area contributed by atoms with Crippen LogP contribution >= 0.6 is 15.9 Å². The van der Waals surface area contributed by atoms with Gasteiger partial charge >= 0.3 is 0 Å². The summed E-state index contributed by atoms with van der Waals surface area (Å²) in [4.78, 5) is 11.5. The fourth-order valence-corrected chi connectivity index (χ4v) is 2.83. The van der Waals surface area contributed by atoms with Crippen LogP contribution in [0, 0.1) is 0 Å². The highest BCUT2D eigenvalue weighted by molar-refractivity contribution is 9.10. The first-order valence-electron chi connectivity index (χ1n) is 6.93. The fraction of sp³-hybridized carbons (Fsp3) is 0.533. The van der Waals surface area contributed by atoms with Gasteiger partial charge < -0.3 is 15.4 Å². The maximum atomic E-state index is 11.5. The van der Waals surface area contributed by atoms with Gasteiger partial charge in [-0.2, -0.15) is 0 Å². The minimum absolute atomic E-state index is 0.0351. The second-order valence-electron chi connectivity index (χ2n) is 5.14. The first kappa shape index (κ1) is 15.5. The molecule has 20 heavy (non-hydrogen) atoms. The molecule has 1 amide bonds. The van der Waals surface area contributed by atoms with Gasteiger partial charge in [-0.15, -0.1) is 0 Å². The molecule has 0 atom stereocenters. The van der Waals surface area contributed by atoms with E-state index in [0.717, 1.165) is 17.3 Å². The molecule has 110 valence electrons. The fourth-order valence-electron chi connectivity index (χ4n) is 2.41. The molecular formula is C15H21BrN2O2. The number of methoxy groups -OCH3 is 1. The Kier molecular flexibility index (Phi) is 6.01. The predicted molar refractivity (Wildman–Crippen MR) is 82.8 cm³/mol. The van der Waals surface area contributed by atoms with Crippen LogP contribution in [-0.4, -0.2) is 38.8 Å². The Bertz CT molecular complexity index is 447. The zero-order valence-electron chi connectivity index (χ0n) is 11.7. The molecule has 1 aromatic carbocycles. The van der Waals surface area contributed by atoms with Gasteiger partial charge in [0.05, 0.1) is 13.2 Å². The van der Waals surface area contributed by atoms with Crippen LogP contribution in [0.3, 0.4) is 0 Å². The van der Waals surface area contributed by atoms with Crippen molar-refractivity contribution in [3.8, 4) is 0 Å². The number of benzene rings is 1. The molecule has 1 fully saturated rings. The number of carbonyl (C=O) groups is 1. The Morgan fingerprint density at radius 3 is 2.95 bits per heavy atom. The van der Waals surface area contributed by atoms with Crippen molar-refractivity contribution in [2.45, 2.75) is 24.8 Å². The van der Waals surface area contributed by atoms with Gasteiger partial charge in [-0.05, 0) is 36.5 Å².